The third-order valence-electron chi connectivity index (χ3n) is 0.207. The summed E-state index contributed by atoms with van der Waals surface area (Å²) >= 11 is 0. The van der Waals surface area contributed by atoms with Gasteiger partial charge in [0.2, 0.25) is 0 Å². The summed E-state index contributed by atoms with van der Waals surface area (Å²) in [7, 11) is 0. The molecule has 0 aliphatic rings. The molecule has 0 aliphatic heterocycles. The third kappa shape index (κ3) is 37.8. The molecule has 0 heterocycles. The van der Waals surface area contributed by atoms with Crippen LogP contribution >= 0.6 is 0 Å². The predicted molar refractivity (Wildman–Crippen MR) is 19.5 cm³/mol. The fourth-order valence-corrected chi connectivity index (χ4v) is 0. The number of rotatable bonds is 0. The molecule has 0 saturated carbocycles. The van der Waals surface area contributed by atoms with Crippen LogP contribution in [-0.2, 0) is 9.78 Å². The first-order chi connectivity index (χ1) is 5.12. The Hall–Kier alpha value is -1.58. The van der Waals surface area contributed by atoms with Crippen LogP contribution in [0.4, 0.5) is 26.3 Å². The quantitative estimate of drug-likeness (QED) is 0.323. The molecule has 78 valence electrons. The predicted octanol–water partition coefficient (Wildman–Crippen LogP) is 1.99. The van der Waals surface area contributed by atoms with E-state index in [1.807, 2.05) is 9.78 Å². The minimum absolute atomic E-state index is 0. The zero-order valence-corrected chi connectivity index (χ0v) is 12.1. The maximum absolute atomic E-state index is 10.3. The van der Waals surface area contributed by atoms with Gasteiger partial charge in [-0.05, 0) is 0 Å². The van der Waals surface area contributed by atoms with Crippen LogP contribution in [0.3, 0.4) is 0 Å². The van der Waals surface area contributed by atoms with Crippen molar-refractivity contribution in [2.24, 2.45) is 0 Å². The smallest absolute Gasteiger partial charge is 0.244 e. The van der Waals surface area contributed by atoms with Crippen LogP contribution < -0.4 is 0 Å². The van der Waals surface area contributed by atoms with Crippen LogP contribution in [-0.4, -0.2) is 23.2 Å². The zero-order valence-electron chi connectivity index (χ0n) is 5.69. The van der Waals surface area contributed by atoms with Gasteiger partial charge >= 0.3 is 12.7 Å². The second-order valence-corrected chi connectivity index (χ2v) is 1.07. The molecule has 0 amide bonds. The van der Waals surface area contributed by atoms with Gasteiger partial charge in [-0.15, -0.1) is 36.1 Å². The van der Waals surface area contributed by atoms with Gasteiger partial charge in [-0.2, -0.15) is 0 Å². The van der Waals surface area contributed by atoms with E-state index in [0.29, 0.717) is 0 Å². The summed E-state index contributed by atoms with van der Waals surface area (Å²) in [6, 6.07) is 0. The summed E-state index contributed by atoms with van der Waals surface area (Å²) in [5.41, 5.74) is 0. The molecule has 13 heavy (non-hydrogen) atoms. The Bertz CT molecular complexity index is 96.2. The molecule has 0 rings (SSSR count). The molecule has 0 aromatic rings. The molecule has 0 unspecified atom stereocenters. The molecule has 0 aromatic carbocycles. The molecule has 0 bridgehead atoms. The largest absolute Gasteiger partial charge is 0.549 e. The molecule has 0 radical (unpaired) electrons. The number of alkyl halides is 6. The van der Waals surface area contributed by atoms with E-state index in [1.165, 1.54) is 0 Å². The van der Waals surface area contributed by atoms with E-state index in [2.05, 4.69) is 0 Å². The summed E-state index contributed by atoms with van der Waals surface area (Å²) in [6.07, 6.45) is -9.81. The van der Waals surface area contributed by atoms with Crippen LogP contribution in [0.2, 0.25) is 0 Å². The summed E-state index contributed by atoms with van der Waals surface area (Å²) in [6.45, 7) is 0. The minimum atomic E-state index is -4.90. The molecule has 11 heteroatoms. The first-order valence-electron chi connectivity index (χ1n) is 1.91. The van der Waals surface area contributed by atoms with Gasteiger partial charge in [0.25, 0.3) is 0 Å². The van der Waals surface area contributed by atoms with Crippen LogP contribution in [0.5, 0.6) is 0 Å². The zero-order chi connectivity index (χ0) is 10.4. The van der Waals surface area contributed by atoms with E-state index in [-0.39, 0.29) is 0 Å². The van der Waals surface area contributed by atoms with E-state index in [9.17, 15) is 26.3 Å². The molecule has 2 N–H and O–H groups in total. The Labute approximate surface area is 60.8 Å². The summed E-state index contributed by atoms with van der Waals surface area (Å²) < 4.78 is 61.9. The maximum Gasteiger partial charge on any atom is 0.549 e. The van der Waals surface area contributed by atoms with Gasteiger partial charge in [-0.25, -0.2) is 10.5 Å². The van der Waals surface area contributed by atoms with Gasteiger partial charge in [0, 0.05) is 0 Å². The van der Waals surface area contributed by atoms with Crippen molar-refractivity contribution < 1.29 is 46.6 Å². The summed E-state index contributed by atoms with van der Waals surface area (Å²) in [5.74, 6) is 0. The van der Waals surface area contributed by atoms with Crippen molar-refractivity contribution in [3.8, 4) is 0 Å². The maximum atomic E-state index is 10.3. The van der Waals surface area contributed by atoms with Crippen molar-refractivity contribution in [1.29, 1.82) is 0 Å². The Morgan fingerprint density at radius 3 is 0.769 bits per heavy atom. The average Bonchev–Trinajstić information content (AvgIpc) is 1.86. The monoisotopic (exact) mass is 471 g/mol. The summed E-state index contributed by atoms with van der Waals surface area (Å²) in [4.78, 5) is 3.88. The van der Waals surface area contributed by atoms with Crippen LogP contribution in [0.15, 0.2) is 0 Å². The van der Waals surface area contributed by atoms with Crippen molar-refractivity contribution in [2.75, 3.05) is 0 Å². The first-order valence-corrected chi connectivity index (χ1v) is 1.91. The van der Waals surface area contributed by atoms with Crippen LogP contribution in [0.1, 0.15) is 0 Å². The van der Waals surface area contributed by atoms with Crippen molar-refractivity contribution in [3.05, 3.63) is 0 Å². The van der Waals surface area contributed by atoms with E-state index in [4.69, 9.17) is 10.5 Å². The molecule has 0 aromatic heterocycles. The standard InChI is InChI=1S/2CHF3O2.Rf/c2*2-1(3,4)6-5;/h2*5H;. The summed E-state index contributed by atoms with van der Waals surface area (Å²) in [5, 5.41) is 13.6. The van der Waals surface area contributed by atoms with Gasteiger partial charge in [-0.3, -0.25) is 0 Å². The van der Waals surface area contributed by atoms with E-state index < -0.39 is 12.7 Å². The minimum Gasteiger partial charge on any atom is -0.244 e. The van der Waals surface area contributed by atoms with E-state index >= 15 is 0 Å². The second kappa shape index (κ2) is 5.99. The molecule has 0 spiro atoms. The normalized spacial score (nSPS) is 11.1. The van der Waals surface area contributed by atoms with Crippen molar-refractivity contribution in [1.82, 2.24) is 0 Å². The molecule has 0 aliphatic carbocycles. The van der Waals surface area contributed by atoms with Crippen LogP contribution in [0.25, 0.3) is 0 Å². The van der Waals surface area contributed by atoms with Gasteiger partial charge in [0.05, 0.1) is 0 Å². The van der Waals surface area contributed by atoms with Crippen molar-refractivity contribution in [3.63, 3.8) is 0 Å². The molecular formula is C2H2F6O4Rf. The number of halogens is 6. The average molecular weight is 471 g/mol. The van der Waals surface area contributed by atoms with Crippen molar-refractivity contribution >= 4 is 0 Å². The Balaban J connectivity index is -0.000000143. The number of hydrogen-bond acceptors (Lipinski definition) is 4. The van der Waals surface area contributed by atoms with E-state index in [0.717, 1.165) is 0 Å². The van der Waals surface area contributed by atoms with E-state index in [1.54, 1.807) is 0 Å². The van der Waals surface area contributed by atoms with Crippen LogP contribution in [0, 0.1) is 0 Å². The molecule has 0 fully saturated rings. The fraction of sp³-hybridized carbons (Fsp3) is 1.00. The SMILES string of the molecule is OOC(F)(F)F.OOC(F)(F)F.[Rf]. The Morgan fingerprint density at radius 2 is 0.769 bits per heavy atom. The van der Waals surface area contributed by atoms with Gasteiger partial charge in [0.1, 0.15) is 0 Å². The van der Waals surface area contributed by atoms with Crippen molar-refractivity contribution in [2.45, 2.75) is 12.7 Å². The topological polar surface area (TPSA) is 58.9 Å². The number of hydrogen-bond donors (Lipinski definition) is 2. The van der Waals surface area contributed by atoms with Gasteiger partial charge in [0.15, 0.2) is 0 Å². The third-order valence-corrected chi connectivity index (χ3v) is 0.207. The Kier molecular flexibility index (Phi) is 8.06. The van der Waals surface area contributed by atoms with Gasteiger partial charge < -0.3 is 0 Å². The van der Waals surface area contributed by atoms with Gasteiger partial charge in [-0.1, -0.05) is 0 Å². The molecule has 4 nitrogen and oxygen atoms in total. The Morgan fingerprint density at radius 1 is 0.692 bits per heavy atom. The molecule has 0 saturated heterocycles. The molecular weight excluding hydrogens is 469 g/mol. The fourth-order valence-electron chi connectivity index (χ4n) is 0. The second-order valence-electron chi connectivity index (χ2n) is 1.07. The molecule has 0 atom stereocenters. The first kappa shape index (κ1) is 17.5.